The van der Waals surface area contributed by atoms with Gasteiger partial charge in [-0.1, -0.05) is 30.3 Å². The SMILES string of the molecule is C[C@H](NOC=O)[C@@H](CCCc1ccccc1)C(=O)O. The van der Waals surface area contributed by atoms with Crippen molar-refractivity contribution in [2.45, 2.75) is 32.2 Å². The highest BCUT2D eigenvalue weighted by atomic mass is 16.7. The van der Waals surface area contributed by atoms with Crippen molar-refractivity contribution >= 4 is 12.4 Å². The molecule has 2 N–H and O–H groups in total. The Balaban J connectivity index is 2.41. The lowest BCUT2D eigenvalue weighted by atomic mass is 9.94. The summed E-state index contributed by atoms with van der Waals surface area (Å²) in [6.45, 7) is 1.93. The Labute approximate surface area is 112 Å². The second-order valence-corrected chi connectivity index (χ2v) is 4.44. The molecule has 0 fully saturated rings. The van der Waals surface area contributed by atoms with Crippen LogP contribution in [-0.4, -0.2) is 23.6 Å². The van der Waals surface area contributed by atoms with E-state index in [0.717, 1.165) is 12.8 Å². The summed E-state index contributed by atoms with van der Waals surface area (Å²) >= 11 is 0. The van der Waals surface area contributed by atoms with Crippen LogP contribution in [0.15, 0.2) is 30.3 Å². The summed E-state index contributed by atoms with van der Waals surface area (Å²) in [4.78, 5) is 25.6. The highest BCUT2D eigenvalue weighted by molar-refractivity contribution is 5.70. The normalized spacial score (nSPS) is 13.5. The number of carboxylic acids is 1. The Morgan fingerprint density at radius 2 is 2.11 bits per heavy atom. The van der Waals surface area contributed by atoms with Gasteiger partial charge in [-0.3, -0.25) is 9.59 Å². The topological polar surface area (TPSA) is 75.6 Å². The van der Waals surface area contributed by atoms with Gasteiger partial charge in [-0.05, 0) is 31.7 Å². The molecule has 0 aliphatic carbocycles. The third-order valence-electron chi connectivity index (χ3n) is 3.05. The molecule has 0 saturated heterocycles. The Kier molecular flexibility index (Phi) is 6.60. The van der Waals surface area contributed by atoms with Crippen molar-refractivity contribution in [3.8, 4) is 0 Å². The lowest BCUT2D eigenvalue weighted by Gasteiger charge is -2.19. The molecule has 0 bridgehead atoms. The van der Waals surface area contributed by atoms with Crippen LogP contribution in [0.5, 0.6) is 0 Å². The van der Waals surface area contributed by atoms with Crippen molar-refractivity contribution in [2.75, 3.05) is 0 Å². The van der Waals surface area contributed by atoms with Gasteiger partial charge in [0.15, 0.2) is 0 Å². The first kappa shape index (κ1) is 15.2. The second kappa shape index (κ2) is 8.26. The zero-order chi connectivity index (χ0) is 14.1. The van der Waals surface area contributed by atoms with Gasteiger partial charge >= 0.3 is 12.4 Å². The number of aryl methyl sites for hydroxylation is 1. The molecule has 1 rings (SSSR count). The van der Waals surface area contributed by atoms with Crippen LogP contribution in [-0.2, 0) is 20.8 Å². The molecule has 1 aromatic carbocycles. The van der Waals surface area contributed by atoms with E-state index in [4.69, 9.17) is 5.11 Å². The van der Waals surface area contributed by atoms with Crippen molar-refractivity contribution in [1.82, 2.24) is 5.48 Å². The number of nitrogens with one attached hydrogen (secondary N) is 1. The molecule has 19 heavy (non-hydrogen) atoms. The quantitative estimate of drug-likeness (QED) is 0.526. The van der Waals surface area contributed by atoms with Gasteiger partial charge in [0.2, 0.25) is 0 Å². The summed E-state index contributed by atoms with van der Waals surface area (Å²) in [5, 5.41) is 9.16. The Hall–Kier alpha value is -1.88. The van der Waals surface area contributed by atoms with E-state index in [1.165, 1.54) is 5.56 Å². The maximum atomic E-state index is 11.2. The average Bonchev–Trinajstić information content (AvgIpc) is 2.41. The summed E-state index contributed by atoms with van der Waals surface area (Å²) in [5.74, 6) is -1.47. The number of carbonyl (C=O) groups is 2. The number of benzene rings is 1. The monoisotopic (exact) mass is 265 g/mol. The Morgan fingerprint density at radius 1 is 1.42 bits per heavy atom. The first-order valence-electron chi connectivity index (χ1n) is 6.26. The number of carboxylic acid groups (broad SMARTS) is 1. The van der Waals surface area contributed by atoms with Crippen LogP contribution in [0.25, 0.3) is 0 Å². The minimum absolute atomic E-state index is 0.249. The summed E-state index contributed by atoms with van der Waals surface area (Å²) in [7, 11) is 0. The van der Waals surface area contributed by atoms with Crippen LogP contribution < -0.4 is 5.48 Å². The lowest BCUT2D eigenvalue weighted by molar-refractivity contribution is -0.148. The Morgan fingerprint density at radius 3 is 2.68 bits per heavy atom. The predicted octanol–water partition coefficient (Wildman–Crippen LogP) is 1.78. The van der Waals surface area contributed by atoms with E-state index in [0.29, 0.717) is 6.42 Å². The largest absolute Gasteiger partial charge is 0.481 e. The number of carbonyl (C=O) groups excluding carboxylic acids is 1. The molecule has 0 aromatic heterocycles. The van der Waals surface area contributed by atoms with Gasteiger partial charge in [0.1, 0.15) is 0 Å². The van der Waals surface area contributed by atoms with Gasteiger partial charge in [-0.2, -0.15) is 0 Å². The lowest BCUT2D eigenvalue weighted by Crippen LogP contribution is -2.37. The predicted molar refractivity (Wildman–Crippen MR) is 70.3 cm³/mol. The summed E-state index contributed by atoms with van der Waals surface area (Å²) in [5.41, 5.74) is 3.60. The zero-order valence-corrected chi connectivity index (χ0v) is 10.9. The van der Waals surface area contributed by atoms with Crippen LogP contribution in [0, 0.1) is 5.92 Å². The van der Waals surface area contributed by atoms with Gasteiger partial charge in [0.05, 0.1) is 12.0 Å². The zero-order valence-electron chi connectivity index (χ0n) is 10.9. The van der Waals surface area contributed by atoms with Crippen LogP contribution in [0.1, 0.15) is 25.3 Å². The molecule has 0 radical (unpaired) electrons. The fourth-order valence-electron chi connectivity index (χ4n) is 1.98. The van der Waals surface area contributed by atoms with Crippen LogP contribution in [0.3, 0.4) is 0 Å². The molecule has 5 heteroatoms. The maximum absolute atomic E-state index is 11.2. The number of hydrogen-bond acceptors (Lipinski definition) is 4. The van der Waals surface area contributed by atoms with Gasteiger partial charge < -0.3 is 9.94 Å². The molecular weight excluding hydrogens is 246 g/mol. The molecular formula is C14H19NO4. The molecule has 0 spiro atoms. The standard InChI is InChI=1S/C14H19NO4/c1-11(15-19-10-16)13(14(17)18)9-5-8-12-6-3-2-4-7-12/h2-4,6-7,10-11,13,15H,5,8-9H2,1H3,(H,17,18)/t11-,13+/m0/s1. The van der Waals surface area contributed by atoms with Gasteiger partial charge in [-0.25, -0.2) is 0 Å². The van der Waals surface area contributed by atoms with E-state index in [1.807, 2.05) is 30.3 Å². The number of rotatable bonds is 9. The third-order valence-corrected chi connectivity index (χ3v) is 3.05. The smallest absolute Gasteiger partial charge is 0.312 e. The fourth-order valence-corrected chi connectivity index (χ4v) is 1.98. The minimum atomic E-state index is -0.887. The third kappa shape index (κ3) is 5.52. The average molecular weight is 265 g/mol. The van der Waals surface area contributed by atoms with Crippen molar-refractivity contribution in [3.05, 3.63) is 35.9 Å². The molecule has 0 aliphatic heterocycles. The molecule has 0 unspecified atom stereocenters. The van der Waals surface area contributed by atoms with E-state index < -0.39 is 17.9 Å². The first-order valence-corrected chi connectivity index (χ1v) is 6.26. The molecule has 0 amide bonds. The molecule has 104 valence electrons. The molecule has 0 heterocycles. The first-order chi connectivity index (χ1) is 9.15. The van der Waals surface area contributed by atoms with Crippen molar-refractivity contribution in [2.24, 2.45) is 5.92 Å². The summed E-state index contributed by atoms with van der Waals surface area (Å²) in [6, 6.07) is 9.50. The van der Waals surface area contributed by atoms with Gasteiger partial charge in [0, 0.05) is 0 Å². The number of hydrogen-bond donors (Lipinski definition) is 2. The molecule has 0 saturated carbocycles. The van der Waals surface area contributed by atoms with Gasteiger partial charge in [0.25, 0.3) is 0 Å². The van der Waals surface area contributed by atoms with Crippen molar-refractivity contribution in [1.29, 1.82) is 0 Å². The molecule has 1 aromatic rings. The van der Waals surface area contributed by atoms with Crippen molar-refractivity contribution in [3.63, 3.8) is 0 Å². The molecule has 0 aliphatic rings. The summed E-state index contributed by atoms with van der Waals surface area (Å²) in [6.07, 6.45) is 2.14. The highest BCUT2D eigenvalue weighted by Crippen LogP contribution is 2.15. The minimum Gasteiger partial charge on any atom is -0.481 e. The summed E-state index contributed by atoms with van der Waals surface area (Å²) < 4.78 is 0. The number of aliphatic carboxylic acids is 1. The maximum Gasteiger partial charge on any atom is 0.312 e. The van der Waals surface area contributed by atoms with E-state index in [-0.39, 0.29) is 6.47 Å². The molecule has 5 nitrogen and oxygen atoms in total. The van der Waals surface area contributed by atoms with E-state index >= 15 is 0 Å². The second-order valence-electron chi connectivity index (χ2n) is 4.44. The van der Waals surface area contributed by atoms with Crippen LogP contribution >= 0.6 is 0 Å². The number of hydroxylamine groups is 1. The van der Waals surface area contributed by atoms with E-state index in [9.17, 15) is 9.59 Å². The van der Waals surface area contributed by atoms with Crippen LogP contribution in [0.2, 0.25) is 0 Å². The highest BCUT2D eigenvalue weighted by Gasteiger charge is 2.24. The molecule has 2 atom stereocenters. The van der Waals surface area contributed by atoms with E-state index in [2.05, 4.69) is 10.3 Å². The van der Waals surface area contributed by atoms with Gasteiger partial charge in [-0.15, -0.1) is 5.48 Å². The Bertz CT molecular complexity index is 394. The van der Waals surface area contributed by atoms with Crippen molar-refractivity contribution < 1.29 is 19.5 Å². The van der Waals surface area contributed by atoms with E-state index in [1.54, 1.807) is 6.92 Å². The van der Waals surface area contributed by atoms with Crippen LogP contribution in [0.4, 0.5) is 0 Å². The fraction of sp³-hybridized carbons (Fsp3) is 0.429.